The average molecular weight is 252 g/mol. The van der Waals surface area contributed by atoms with Gasteiger partial charge in [-0.15, -0.1) is 0 Å². The highest BCUT2D eigenvalue weighted by atomic mass is 35.5. The Bertz CT molecular complexity index is 505. The Morgan fingerprint density at radius 3 is 2.88 bits per heavy atom. The first kappa shape index (κ1) is 12.4. The Balaban J connectivity index is 2.34. The fourth-order valence-electron chi connectivity index (χ4n) is 2.07. The zero-order valence-electron chi connectivity index (χ0n) is 10.3. The van der Waals surface area contributed by atoms with E-state index < -0.39 is 0 Å². The van der Waals surface area contributed by atoms with Crippen molar-refractivity contribution in [3.05, 3.63) is 29.0 Å². The van der Waals surface area contributed by atoms with Crippen LogP contribution in [0.3, 0.4) is 0 Å². The maximum absolute atomic E-state index is 5.99. The number of aromatic nitrogens is 2. The van der Waals surface area contributed by atoms with Crippen LogP contribution in [0.1, 0.15) is 19.7 Å². The van der Waals surface area contributed by atoms with Crippen molar-refractivity contribution in [2.45, 2.75) is 26.8 Å². The summed E-state index contributed by atoms with van der Waals surface area (Å²) in [7, 11) is 0. The van der Waals surface area contributed by atoms with Crippen molar-refractivity contribution in [2.75, 3.05) is 13.1 Å². The average Bonchev–Trinajstić information content (AvgIpc) is 2.66. The van der Waals surface area contributed by atoms with Crippen molar-refractivity contribution < 1.29 is 0 Å². The maximum atomic E-state index is 5.99. The number of halogens is 1. The highest BCUT2D eigenvalue weighted by molar-refractivity contribution is 6.31. The monoisotopic (exact) mass is 251 g/mol. The van der Waals surface area contributed by atoms with E-state index in [0.29, 0.717) is 0 Å². The molecule has 0 aliphatic heterocycles. The molecule has 1 heterocycles. The first-order chi connectivity index (χ1) is 8.26. The van der Waals surface area contributed by atoms with Gasteiger partial charge in [-0.1, -0.05) is 18.5 Å². The van der Waals surface area contributed by atoms with E-state index >= 15 is 0 Å². The summed E-state index contributed by atoms with van der Waals surface area (Å²) >= 11 is 5.99. The highest BCUT2D eigenvalue weighted by Gasteiger charge is 2.09. The van der Waals surface area contributed by atoms with E-state index in [4.69, 9.17) is 11.6 Å². The second kappa shape index (κ2) is 5.52. The third-order valence-corrected chi connectivity index (χ3v) is 3.12. The van der Waals surface area contributed by atoms with Crippen molar-refractivity contribution in [3.63, 3.8) is 0 Å². The molecule has 0 bridgehead atoms. The fraction of sp³-hybridized carbons (Fsp3) is 0.462. The van der Waals surface area contributed by atoms with E-state index in [2.05, 4.69) is 28.7 Å². The molecule has 0 aliphatic rings. The Hall–Kier alpha value is -1.06. The van der Waals surface area contributed by atoms with Crippen molar-refractivity contribution >= 4 is 22.6 Å². The molecule has 0 atom stereocenters. The topological polar surface area (TPSA) is 29.9 Å². The Labute approximate surface area is 107 Å². The van der Waals surface area contributed by atoms with Gasteiger partial charge >= 0.3 is 0 Å². The van der Waals surface area contributed by atoms with Crippen LogP contribution >= 0.6 is 11.6 Å². The third-order valence-electron chi connectivity index (χ3n) is 2.88. The van der Waals surface area contributed by atoms with Crippen molar-refractivity contribution in [1.29, 1.82) is 0 Å². The van der Waals surface area contributed by atoms with Gasteiger partial charge in [0.15, 0.2) is 0 Å². The zero-order chi connectivity index (χ0) is 12.3. The smallest absolute Gasteiger partial charge is 0.111 e. The number of aryl methyl sites for hydroxylation is 1. The van der Waals surface area contributed by atoms with Gasteiger partial charge in [0.05, 0.1) is 11.0 Å². The molecule has 1 aromatic carbocycles. The van der Waals surface area contributed by atoms with Crippen LogP contribution in [0.15, 0.2) is 18.2 Å². The molecular weight excluding hydrogens is 234 g/mol. The first-order valence-electron chi connectivity index (χ1n) is 6.11. The van der Waals surface area contributed by atoms with Gasteiger partial charge in [-0.2, -0.15) is 0 Å². The predicted octanol–water partition coefficient (Wildman–Crippen LogP) is 2.86. The number of imidazole rings is 1. The maximum Gasteiger partial charge on any atom is 0.111 e. The summed E-state index contributed by atoms with van der Waals surface area (Å²) in [5.41, 5.74) is 2.16. The molecular formula is C13H18ClN3. The van der Waals surface area contributed by atoms with Crippen molar-refractivity contribution in [3.8, 4) is 0 Å². The predicted molar refractivity (Wildman–Crippen MR) is 72.7 cm³/mol. The van der Waals surface area contributed by atoms with Crippen molar-refractivity contribution in [2.24, 2.45) is 0 Å². The molecule has 2 aromatic rings. The SMILES string of the molecule is CCNCCc1nc2cc(Cl)ccc2n1CC. The van der Waals surface area contributed by atoms with Crippen molar-refractivity contribution in [1.82, 2.24) is 14.9 Å². The van der Waals surface area contributed by atoms with Gasteiger partial charge in [0, 0.05) is 24.5 Å². The highest BCUT2D eigenvalue weighted by Crippen LogP contribution is 2.20. The van der Waals surface area contributed by atoms with E-state index in [-0.39, 0.29) is 0 Å². The summed E-state index contributed by atoms with van der Waals surface area (Å²) in [6.07, 6.45) is 0.952. The van der Waals surface area contributed by atoms with Gasteiger partial charge in [0.1, 0.15) is 5.82 Å². The lowest BCUT2D eigenvalue weighted by Gasteiger charge is -2.06. The molecule has 1 aromatic heterocycles. The van der Waals surface area contributed by atoms with E-state index in [0.717, 1.165) is 42.4 Å². The van der Waals surface area contributed by atoms with Gasteiger partial charge in [-0.05, 0) is 31.7 Å². The van der Waals surface area contributed by atoms with Gasteiger partial charge in [-0.25, -0.2) is 4.98 Å². The van der Waals surface area contributed by atoms with Gasteiger partial charge < -0.3 is 9.88 Å². The van der Waals surface area contributed by atoms with Gasteiger partial charge in [0.25, 0.3) is 0 Å². The summed E-state index contributed by atoms with van der Waals surface area (Å²) in [5.74, 6) is 1.13. The second-order valence-electron chi connectivity index (χ2n) is 4.01. The second-order valence-corrected chi connectivity index (χ2v) is 4.45. The van der Waals surface area contributed by atoms with Crippen LogP contribution in [0.2, 0.25) is 5.02 Å². The molecule has 0 aliphatic carbocycles. The minimum atomic E-state index is 0.747. The molecule has 0 fully saturated rings. The third kappa shape index (κ3) is 2.61. The molecule has 2 rings (SSSR count). The summed E-state index contributed by atoms with van der Waals surface area (Å²) in [6, 6.07) is 5.90. The minimum absolute atomic E-state index is 0.747. The number of nitrogens with one attached hydrogen (secondary N) is 1. The number of nitrogens with zero attached hydrogens (tertiary/aromatic N) is 2. The fourth-order valence-corrected chi connectivity index (χ4v) is 2.24. The number of likely N-dealkylation sites (N-methyl/N-ethyl adjacent to an activating group) is 1. The van der Waals surface area contributed by atoms with Crippen LogP contribution < -0.4 is 5.32 Å². The normalized spacial score (nSPS) is 11.2. The van der Waals surface area contributed by atoms with Crippen LogP contribution in [0.5, 0.6) is 0 Å². The molecule has 17 heavy (non-hydrogen) atoms. The summed E-state index contributed by atoms with van der Waals surface area (Å²) in [5, 5.41) is 4.07. The Morgan fingerprint density at radius 1 is 1.35 bits per heavy atom. The van der Waals surface area contributed by atoms with Crippen LogP contribution in [-0.2, 0) is 13.0 Å². The van der Waals surface area contributed by atoms with Gasteiger partial charge in [0.2, 0.25) is 0 Å². The van der Waals surface area contributed by atoms with E-state index in [1.54, 1.807) is 0 Å². The molecule has 0 saturated heterocycles. The molecule has 3 nitrogen and oxygen atoms in total. The summed E-state index contributed by atoms with van der Waals surface area (Å²) in [4.78, 5) is 4.65. The molecule has 0 saturated carbocycles. The minimum Gasteiger partial charge on any atom is -0.328 e. The lowest BCUT2D eigenvalue weighted by atomic mass is 10.3. The van der Waals surface area contributed by atoms with Crippen LogP contribution in [0.25, 0.3) is 11.0 Å². The molecule has 1 N–H and O–H groups in total. The van der Waals surface area contributed by atoms with Crippen LogP contribution in [0.4, 0.5) is 0 Å². The lowest BCUT2D eigenvalue weighted by Crippen LogP contribution is -2.18. The summed E-state index contributed by atoms with van der Waals surface area (Å²) in [6.45, 7) is 7.17. The molecule has 0 radical (unpaired) electrons. The molecule has 92 valence electrons. The Morgan fingerprint density at radius 2 is 2.18 bits per heavy atom. The molecule has 0 spiro atoms. The van der Waals surface area contributed by atoms with E-state index in [1.807, 2.05) is 18.2 Å². The zero-order valence-corrected chi connectivity index (χ0v) is 11.1. The first-order valence-corrected chi connectivity index (χ1v) is 6.49. The van der Waals surface area contributed by atoms with Gasteiger partial charge in [-0.3, -0.25) is 0 Å². The molecule has 4 heteroatoms. The molecule has 0 amide bonds. The Kier molecular flexibility index (Phi) is 4.02. The van der Waals surface area contributed by atoms with Crippen LogP contribution in [-0.4, -0.2) is 22.6 Å². The number of hydrogen-bond donors (Lipinski definition) is 1. The largest absolute Gasteiger partial charge is 0.328 e. The standard InChI is InChI=1S/C13H18ClN3/c1-3-15-8-7-13-16-11-9-10(14)5-6-12(11)17(13)4-2/h5-6,9,15H,3-4,7-8H2,1-2H3. The number of hydrogen-bond acceptors (Lipinski definition) is 2. The lowest BCUT2D eigenvalue weighted by molar-refractivity contribution is 0.655. The molecule has 0 unspecified atom stereocenters. The number of benzene rings is 1. The summed E-state index contributed by atoms with van der Waals surface area (Å²) < 4.78 is 2.25. The van der Waals surface area contributed by atoms with Crippen LogP contribution in [0, 0.1) is 0 Å². The van der Waals surface area contributed by atoms with E-state index in [1.165, 1.54) is 5.52 Å². The number of fused-ring (bicyclic) bond motifs is 1. The number of rotatable bonds is 5. The van der Waals surface area contributed by atoms with E-state index in [9.17, 15) is 0 Å². The quantitative estimate of drug-likeness (QED) is 0.829.